The Morgan fingerprint density at radius 2 is 1.94 bits per heavy atom. The highest BCUT2D eigenvalue weighted by Crippen LogP contribution is 2.30. The standard InChI is InChI=1S/C26H28FN3O5/c1-2-3-12-35-18-7-4-16(5-8-18)13-23(32)28-14-17-6-9-19-20(24(17)27)15-30(26(19)34)21-10-11-22(31)29-25(21)33/h4-9,21H,2-3,10-15H2,1H3,(H,28,32)(H,29,31,33). The average Bonchev–Trinajstić information content (AvgIpc) is 3.17. The number of unbranched alkanes of at least 4 members (excludes halogenated alkanes) is 1. The van der Waals surface area contributed by atoms with Gasteiger partial charge in [-0.2, -0.15) is 0 Å². The Morgan fingerprint density at radius 1 is 1.17 bits per heavy atom. The van der Waals surface area contributed by atoms with Gasteiger partial charge < -0.3 is 15.0 Å². The predicted octanol–water partition coefficient (Wildman–Crippen LogP) is 2.62. The number of nitrogens with one attached hydrogen (secondary N) is 2. The van der Waals surface area contributed by atoms with Gasteiger partial charge in [0.05, 0.1) is 19.6 Å². The van der Waals surface area contributed by atoms with Crippen LogP contribution < -0.4 is 15.4 Å². The number of fused-ring (bicyclic) bond motifs is 1. The van der Waals surface area contributed by atoms with Crippen LogP contribution in [0, 0.1) is 5.82 Å². The number of ether oxygens (including phenoxy) is 1. The molecule has 2 aromatic rings. The molecule has 4 rings (SSSR count). The molecule has 1 saturated heterocycles. The van der Waals surface area contributed by atoms with Gasteiger partial charge >= 0.3 is 0 Å². The van der Waals surface area contributed by atoms with E-state index in [0.29, 0.717) is 6.61 Å². The van der Waals surface area contributed by atoms with Crippen LogP contribution in [0.3, 0.4) is 0 Å². The fraction of sp³-hybridized carbons (Fsp3) is 0.385. The Labute approximate surface area is 202 Å². The third-order valence-corrected chi connectivity index (χ3v) is 6.26. The molecule has 0 aliphatic carbocycles. The Morgan fingerprint density at radius 3 is 2.66 bits per heavy atom. The molecule has 2 aliphatic heterocycles. The van der Waals surface area contributed by atoms with Crippen molar-refractivity contribution in [2.75, 3.05) is 6.61 Å². The molecule has 35 heavy (non-hydrogen) atoms. The van der Waals surface area contributed by atoms with Crippen LogP contribution in [0.25, 0.3) is 0 Å². The minimum Gasteiger partial charge on any atom is -0.494 e. The van der Waals surface area contributed by atoms with Gasteiger partial charge in [-0.1, -0.05) is 31.5 Å². The zero-order chi connectivity index (χ0) is 24.9. The number of imide groups is 1. The second kappa shape index (κ2) is 10.7. The molecule has 0 radical (unpaired) electrons. The number of benzene rings is 2. The second-order valence-corrected chi connectivity index (χ2v) is 8.76. The van der Waals surface area contributed by atoms with Crippen molar-refractivity contribution in [2.24, 2.45) is 0 Å². The minimum absolute atomic E-state index is 0.0250. The van der Waals surface area contributed by atoms with Gasteiger partial charge in [-0.05, 0) is 36.6 Å². The molecule has 1 fully saturated rings. The fourth-order valence-electron chi connectivity index (χ4n) is 4.27. The maximum atomic E-state index is 15.2. The molecule has 0 spiro atoms. The smallest absolute Gasteiger partial charge is 0.255 e. The van der Waals surface area contributed by atoms with E-state index in [9.17, 15) is 19.2 Å². The molecule has 4 amide bonds. The topological polar surface area (TPSA) is 105 Å². The summed E-state index contributed by atoms with van der Waals surface area (Å²) in [6.07, 6.45) is 2.51. The number of amides is 4. The summed E-state index contributed by atoms with van der Waals surface area (Å²) in [7, 11) is 0. The predicted molar refractivity (Wildman–Crippen MR) is 125 cm³/mol. The maximum Gasteiger partial charge on any atom is 0.255 e. The highest BCUT2D eigenvalue weighted by atomic mass is 19.1. The Balaban J connectivity index is 1.34. The molecular weight excluding hydrogens is 453 g/mol. The summed E-state index contributed by atoms with van der Waals surface area (Å²) in [5.74, 6) is -1.44. The van der Waals surface area contributed by atoms with Gasteiger partial charge in [0.2, 0.25) is 17.7 Å². The van der Waals surface area contributed by atoms with Crippen molar-refractivity contribution < 1.29 is 28.3 Å². The Kier molecular flexibility index (Phi) is 7.43. The van der Waals surface area contributed by atoms with Crippen molar-refractivity contribution in [1.82, 2.24) is 15.5 Å². The lowest BCUT2D eigenvalue weighted by atomic mass is 10.0. The summed E-state index contributed by atoms with van der Waals surface area (Å²) in [4.78, 5) is 50.0. The van der Waals surface area contributed by atoms with Gasteiger partial charge in [0.1, 0.15) is 17.6 Å². The van der Waals surface area contributed by atoms with Gasteiger partial charge in [0, 0.05) is 29.7 Å². The summed E-state index contributed by atoms with van der Waals surface area (Å²) in [6.45, 7) is 2.67. The monoisotopic (exact) mass is 481 g/mol. The molecule has 1 unspecified atom stereocenters. The van der Waals surface area contributed by atoms with E-state index < -0.39 is 23.7 Å². The summed E-state index contributed by atoms with van der Waals surface area (Å²) in [5.41, 5.74) is 1.47. The van der Waals surface area contributed by atoms with Crippen LogP contribution in [-0.2, 0) is 33.9 Å². The fourth-order valence-corrected chi connectivity index (χ4v) is 4.27. The van der Waals surface area contributed by atoms with E-state index >= 15 is 4.39 Å². The molecule has 2 N–H and O–H groups in total. The largest absolute Gasteiger partial charge is 0.494 e. The molecule has 1 atom stereocenters. The summed E-state index contributed by atoms with van der Waals surface area (Å²) >= 11 is 0. The van der Waals surface area contributed by atoms with E-state index in [0.717, 1.165) is 24.2 Å². The third-order valence-electron chi connectivity index (χ3n) is 6.26. The van der Waals surface area contributed by atoms with Crippen LogP contribution >= 0.6 is 0 Å². The minimum atomic E-state index is -0.807. The first kappa shape index (κ1) is 24.4. The average molecular weight is 482 g/mol. The molecule has 0 bridgehead atoms. The number of halogens is 1. The SMILES string of the molecule is CCCCOc1ccc(CC(=O)NCc2ccc3c(c2F)CN(C2CCC(=O)NC2=O)C3=O)cc1. The van der Waals surface area contributed by atoms with Crippen molar-refractivity contribution in [3.8, 4) is 5.75 Å². The van der Waals surface area contributed by atoms with Crippen molar-refractivity contribution in [3.63, 3.8) is 0 Å². The number of rotatable bonds is 9. The summed E-state index contributed by atoms with van der Waals surface area (Å²) < 4.78 is 20.8. The van der Waals surface area contributed by atoms with E-state index in [1.165, 1.54) is 17.0 Å². The van der Waals surface area contributed by atoms with Crippen molar-refractivity contribution in [1.29, 1.82) is 0 Å². The van der Waals surface area contributed by atoms with Crippen molar-refractivity contribution >= 4 is 23.6 Å². The van der Waals surface area contributed by atoms with Crippen LogP contribution in [0.4, 0.5) is 4.39 Å². The lowest BCUT2D eigenvalue weighted by Gasteiger charge is -2.29. The molecule has 9 heteroatoms. The molecular formula is C26H28FN3O5. The van der Waals surface area contributed by atoms with E-state index in [1.54, 1.807) is 0 Å². The second-order valence-electron chi connectivity index (χ2n) is 8.76. The molecule has 0 saturated carbocycles. The third kappa shape index (κ3) is 5.50. The van der Waals surface area contributed by atoms with E-state index in [1.807, 2.05) is 24.3 Å². The molecule has 2 aromatic carbocycles. The normalized spacial score (nSPS) is 17.3. The van der Waals surface area contributed by atoms with Crippen molar-refractivity contribution in [2.45, 2.75) is 58.2 Å². The van der Waals surface area contributed by atoms with E-state index in [-0.39, 0.29) is 60.9 Å². The quantitative estimate of drug-likeness (QED) is 0.423. The Bertz CT molecular complexity index is 1150. The zero-order valence-electron chi connectivity index (χ0n) is 19.6. The number of carbonyl (C=O) groups excluding carboxylic acids is 4. The first-order valence-corrected chi connectivity index (χ1v) is 11.8. The number of carbonyl (C=O) groups is 4. The Hall–Kier alpha value is -3.75. The molecule has 184 valence electrons. The number of nitrogens with zero attached hydrogens (tertiary/aromatic N) is 1. The molecule has 2 aliphatic rings. The molecule has 2 heterocycles. The lowest BCUT2D eigenvalue weighted by molar-refractivity contribution is -0.137. The van der Waals surface area contributed by atoms with Crippen LogP contribution in [-0.4, -0.2) is 41.2 Å². The zero-order valence-corrected chi connectivity index (χ0v) is 19.6. The van der Waals surface area contributed by atoms with Crippen LogP contribution in [0.2, 0.25) is 0 Å². The maximum absolute atomic E-state index is 15.2. The number of hydrogen-bond acceptors (Lipinski definition) is 5. The summed E-state index contributed by atoms with van der Waals surface area (Å²) in [5, 5.41) is 4.95. The van der Waals surface area contributed by atoms with Crippen LogP contribution in [0.1, 0.15) is 59.7 Å². The van der Waals surface area contributed by atoms with Gasteiger partial charge in [0.25, 0.3) is 5.91 Å². The number of piperidine rings is 1. The van der Waals surface area contributed by atoms with E-state index in [2.05, 4.69) is 17.6 Å². The first-order chi connectivity index (χ1) is 16.9. The first-order valence-electron chi connectivity index (χ1n) is 11.8. The van der Waals surface area contributed by atoms with Gasteiger partial charge in [-0.3, -0.25) is 24.5 Å². The van der Waals surface area contributed by atoms with Crippen LogP contribution in [0.15, 0.2) is 36.4 Å². The molecule has 0 aromatic heterocycles. The molecule has 8 nitrogen and oxygen atoms in total. The highest BCUT2D eigenvalue weighted by molar-refractivity contribution is 6.05. The van der Waals surface area contributed by atoms with Gasteiger partial charge in [-0.25, -0.2) is 4.39 Å². The van der Waals surface area contributed by atoms with E-state index in [4.69, 9.17) is 4.74 Å². The lowest BCUT2D eigenvalue weighted by Crippen LogP contribution is -2.52. The highest BCUT2D eigenvalue weighted by Gasteiger charge is 2.40. The summed E-state index contributed by atoms with van der Waals surface area (Å²) in [6, 6.07) is 9.48. The van der Waals surface area contributed by atoms with Crippen LogP contribution in [0.5, 0.6) is 5.75 Å². The van der Waals surface area contributed by atoms with Gasteiger partial charge in [0.15, 0.2) is 0 Å². The number of hydrogen-bond donors (Lipinski definition) is 2. The van der Waals surface area contributed by atoms with Gasteiger partial charge in [-0.15, -0.1) is 0 Å². The van der Waals surface area contributed by atoms with Crippen molar-refractivity contribution in [3.05, 3.63) is 64.5 Å².